The van der Waals surface area contributed by atoms with Crippen LogP contribution in [0.3, 0.4) is 0 Å². The van der Waals surface area contributed by atoms with E-state index in [4.69, 9.17) is 32.9 Å². The summed E-state index contributed by atoms with van der Waals surface area (Å²) >= 11 is 13.3. The first-order chi connectivity index (χ1) is 20.3. The zero-order valence-electron chi connectivity index (χ0n) is 23.0. The molecule has 1 amide bonds. The Balaban J connectivity index is 1.29. The van der Waals surface area contributed by atoms with Crippen LogP contribution >= 0.6 is 23.2 Å². The number of carbonyl (C=O) groups is 1. The Labute approximate surface area is 254 Å². The van der Waals surface area contributed by atoms with Gasteiger partial charge in [0.2, 0.25) is 15.9 Å². The van der Waals surface area contributed by atoms with Crippen molar-refractivity contribution in [3.05, 3.63) is 76.4 Å². The predicted octanol–water partition coefficient (Wildman–Crippen LogP) is 4.20. The summed E-state index contributed by atoms with van der Waals surface area (Å²) in [5, 5.41) is 4.33. The van der Waals surface area contributed by atoms with Crippen molar-refractivity contribution in [3.63, 3.8) is 0 Å². The number of ether oxygens (including phenoxy) is 1. The van der Waals surface area contributed by atoms with Crippen LogP contribution in [0.15, 0.2) is 60.0 Å². The van der Waals surface area contributed by atoms with E-state index in [1.807, 2.05) is 35.9 Å². The number of aromatic nitrogens is 3. The molecule has 2 aromatic carbocycles. The Morgan fingerprint density at radius 2 is 1.95 bits per heavy atom. The number of rotatable bonds is 7. The smallest absolute Gasteiger partial charge is 0.245 e. The van der Waals surface area contributed by atoms with Crippen LogP contribution in [-0.2, 0) is 21.4 Å². The van der Waals surface area contributed by atoms with Gasteiger partial charge in [-0.25, -0.2) is 18.4 Å². The number of nitrogens with zero attached hydrogens (tertiary/aromatic N) is 5. The topological polar surface area (TPSA) is 110 Å². The molecule has 1 unspecified atom stereocenters. The van der Waals surface area contributed by atoms with Crippen LogP contribution < -0.4 is 10.1 Å². The zero-order valence-corrected chi connectivity index (χ0v) is 25.3. The lowest BCUT2D eigenvalue weighted by molar-refractivity contribution is -0.135. The van der Waals surface area contributed by atoms with E-state index in [9.17, 15) is 13.2 Å². The van der Waals surface area contributed by atoms with Crippen molar-refractivity contribution < 1.29 is 17.9 Å². The molecule has 10 nitrogen and oxygen atoms in total. The SMILES string of the molecule is Cc1cc(-n2ccnc2)c2cccc(OCc3c(Cl)ccc(S(=O)(=O)N4CCCC4C(=O)N4CCNCC4)c3Cl)c2n1. The number of aryl methyl sites for hydroxylation is 1. The lowest BCUT2D eigenvalue weighted by Crippen LogP contribution is -2.53. The standard InChI is InChI=1S/C29H30Cl2N6O4S/c1-19-16-24(36-15-11-33-18-36)20-4-2-6-25(28(20)34-19)41-17-21-22(30)7-8-26(27(21)31)42(39,40)37-12-3-5-23(37)29(38)35-13-9-32-10-14-35/h2,4,6-8,11,15-16,18,23,32H,3,5,9-10,12-14,17H2,1H3. The minimum absolute atomic E-state index is 0.0220. The van der Waals surface area contributed by atoms with E-state index in [1.165, 1.54) is 16.4 Å². The number of benzene rings is 2. The first-order valence-corrected chi connectivity index (χ1v) is 15.9. The fraction of sp³-hybridized carbons (Fsp3) is 0.345. The van der Waals surface area contributed by atoms with Gasteiger partial charge in [-0.2, -0.15) is 4.31 Å². The van der Waals surface area contributed by atoms with Crippen molar-refractivity contribution in [1.82, 2.24) is 29.1 Å². The van der Waals surface area contributed by atoms with Gasteiger partial charge in [-0.1, -0.05) is 35.3 Å². The van der Waals surface area contributed by atoms with Gasteiger partial charge >= 0.3 is 0 Å². The number of para-hydroxylation sites is 1. The maximum Gasteiger partial charge on any atom is 0.245 e. The van der Waals surface area contributed by atoms with E-state index in [2.05, 4.69) is 10.3 Å². The number of carbonyl (C=O) groups excluding carboxylic acids is 1. The van der Waals surface area contributed by atoms with E-state index in [-0.39, 0.29) is 34.0 Å². The van der Waals surface area contributed by atoms with E-state index in [0.717, 1.165) is 16.8 Å². The molecule has 6 rings (SSSR count). The number of imidazole rings is 1. The molecule has 1 atom stereocenters. The van der Waals surface area contributed by atoms with Gasteiger partial charge < -0.3 is 19.5 Å². The van der Waals surface area contributed by atoms with Gasteiger partial charge in [0, 0.05) is 66.8 Å². The fourth-order valence-corrected chi connectivity index (χ4v) is 8.13. The minimum Gasteiger partial charge on any atom is -0.487 e. The summed E-state index contributed by atoms with van der Waals surface area (Å²) in [4.78, 5) is 23.8. The second-order valence-corrected chi connectivity index (χ2v) is 13.0. The molecule has 13 heteroatoms. The van der Waals surface area contributed by atoms with Crippen LogP contribution in [0, 0.1) is 6.92 Å². The van der Waals surface area contributed by atoms with Crippen molar-refractivity contribution in [1.29, 1.82) is 0 Å². The summed E-state index contributed by atoms with van der Waals surface area (Å²) in [5.41, 5.74) is 2.67. The van der Waals surface area contributed by atoms with Crippen molar-refractivity contribution >= 4 is 50.0 Å². The summed E-state index contributed by atoms with van der Waals surface area (Å²) in [7, 11) is -4.09. The molecule has 2 aliphatic heterocycles. The molecule has 0 bridgehead atoms. The van der Waals surface area contributed by atoms with Gasteiger partial charge in [-0.05, 0) is 44.0 Å². The summed E-state index contributed by atoms with van der Waals surface area (Å²) in [6.07, 6.45) is 6.35. The third-order valence-electron chi connectivity index (χ3n) is 7.72. The molecule has 2 saturated heterocycles. The highest BCUT2D eigenvalue weighted by Gasteiger charge is 2.42. The molecular formula is C29H30Cl2N6O4S. The number of pyridine rings is 1. The first-order valence-electron chi connectivity index (χ1n) is 13.8. The molecule has 0 radical (unpaired) electrons. The summed E-state index contributed by atoms with van der Waals surface area (Å²) in [5.74, 6) is 0.333. The third kappa shape index (κ3) is 5.35. The van der Waals surface area contributed by atoms with E-state index in [0.29, 0.717) is 55.9 Å². The predicted molar refractivity (Wildman–Crippen MR) is 161 cm³/mol. The number of piperazine rings is 1. The van der Waals surface area contributed by atoms with Crippen LogP contribution in [0.25, 0.3) is 16.6 Å². The van der Waals surface area contributed by atoms with E-state index in [1.54, 1.807) is 23.5 Å². The molecule has 42 heavy (non-hydrogen) atoms. The van der Waals surface area contributed by atoms with Crippen molar-refractivity contribution in [3.8, 4) is 11.4 Å². The van der Waals surface area contributed by atoms with Crippen molar-refractivity contribution in [2.75, 3.05) is 32.7 Å². The summed E-state index contributed by atoms with van der Waals surface area (Å²) in [6.45, 7) is 4.55. The Kier molecular flexibility index (Phi) is 8.12. The van der Waals surface area contributed by atoms with Crippen molar-refractivity contribution in [2.45, 2.75) is 37.3 Å². The number of hydrogen-bond donors (Lipinski definition) is 1. The highest BCUT2D eigenvalue weighted by molar-refractivity contribution is 7.89. The number of fused-ring (bicyclic) bond motifs is 1. The van der Waals surface area contributed by atoms with Gasteiger partial charge in [0.25, 0.3) is 0 Å². The molecule has 2 aliphatic rings. The molecule has 2 aromatic heterocycles. The Morgan fingerprint density at radius 1 is 1.14 bits per heavy atom. The van der Waals surface area contributed by atoms with Crippen LogP contribution in [0.1, 0.15) is 24.1 Å². The quantitative estimate of drug-likeness (QED) is 0.327. The van der Waals surface area contributed by atoms with Gasteiger partial charge in [-0.15, -0.1) is 0 Å². The first kappa shape index (κ1) is 28.9. The van der Waals surface area contributed by atoms with E-state index < -0.39 is 16.1 Å². The average molecular weight is 630 g/mol. The van der Waals surface area contributed by atoms with Gasteiger partial charge in [0.05, 0.1) is 17.0 Å². The second-order valence-electron chi connectivity index (χ2n) is 10.4. The Bertz CT molecular complexity index is 1740. The average Bonchev–Trinajstić information content (AvgIpc) is 3.70. The lowest BCUT2D eigenvalue weighted by atomic mass is 10.1. The number of sulfonamides is 1. The van der Waals surface area contributed by atoms with Gasteiger partial charge in [0.1, 0.15) is 28.8 Å². The van der Waals surface area contributed by atoms with Crippen LogP contribution in [0.5, 0.6) is 5.75 Å². The highest BCUT2D eigenvalue weighted by Crippen LogP contribution is 2.37. The maximum atomic E-state index is 13.9. The summed E-state index contributed by atoms with van der Waals surface area (Å²) in [6, 6.07) is 9.72. The summed E-state index contributed by atoms with van der Waals surface area (Å²) < 4.78 is 37.2. The zero-order chi connectivity index (χ0) is 29.4. The monoisotopic (exact) mass is 628 g/mol. The van der Waals surface area contributed by atoms with Crippen LogP contribution in [0.4, 0.5) is 0 Å². The second kappa shape index (κ2) is 11.8. The molecule has 0 aliphatic carbocycles. The Hall–Kier alpha value is -3.22. The number of hydrogen-bond acceptors (Lipinski definition) is 7. The molecule has 0 saturated carbocycles. The number of nitrogens with one attached hydrogen (secondary N) is 1. The van der Waals surface area contributed by atoms with Crippen LogP contribution in [0.2, 0.25) is 10.0 Å². The van der Waals surface area contributed by atoms with E-state index >= 15 is 0 Å². The molecule has 220 valence electrons. The molecular weight excluding hydrogens is 599 g/mol. The third-order valence-corrected chi connectivity index (χ3v) is 10.6. The molecule has 4 aromatic rings. The van der Waals surface area contributed by atoms with Gasteiger partial charge in [0.15, 0.2) is 0 Å². The lowest BCUT2D eigenvalue weighted by Gasteiger charge is -2.32. The fourth-order valence-electron chi connectivity index (χ4n) is 5.61. The molecule has 4 heterocycles. The number of amides is 1. The maximum absolute atomic E-state index is 13.9. The van der Waals surface area contributed by atoms with Crippen LogP contribution in [-0.4, -0.2) is 76.8 Å². The molecule has 1 N–H and O–H groups in total. The van der Waals surface area contributed by atoms with Gasteiger partial charge in [-0.3, -0.25) is 4.79 Å². The minimum atomic E-state index is -4.09. The van der Waals surface area contributed by atoms with Crippen molar-refractivity contribution in [2.24, 2.45) is 0 Å². The largest absolute Gasteiger partial charge is 0.487 e. The molecule has 0 spiro atoms. The number of halogens is 2. The molecule has 2 fully saturated rings. The highest BCUT2D eigenvalue weighted by atomic mass is 35.5. The normalized spacial score (nSPS) is 18.1. The Morgan fingerprint density at radius 3 is 2.71 bits per heavy atom.